The summed E-state index contributed by atoms with van der Waals surface area (Å²) in [5, 5.41) is 3.18. The minimum Gasteiger partial charge on any atom is -0.349 e. The Hall–Kier alpha value is -0.540. The third-order valence-corrected chi connectivity index (χ3v) is 5.15. The number of nitrogens with one attached hydrogen (secondary N) is 1. The summed E-state index contributed by atoms with van der Waals surface area (Å²) in [6, 6.07) is 7.87. The minimum atomic E-state index is -0.197. The lowest BCUT2D eigenvalue weighted by molar-refractivity contribution is -0.122. The van der Waals surface area contributed by atoms with Gasteiger partial charge in [-0.3, -0.25) is 4.79 Å². The highest BCUT2D eigenvalue weighted by molar-refractivity contribution is 9.10. The molecule has 0 saturated heterocycles. The van der Waals surface area contributed by atoms with Crippen molar-refractivity contribution in [2.24, 2.45) is 5.92 Å². The SMILES string of the molecule is CC1CCC(CCl)(NC(=O)Cc2cccc(Br)c2)CC1. The van der Waals surface area contributed by atoms with Gasteiger partial charge in [-0.05, 0) is 49.3 Å². The standard InChI is InChI=1S/C16H21BrClNO/c1-12-5-7-16(11-18,8-6-12)19-15(20)10-13-3-2-4-14(17)9-13/h2-4,9,12H,5-8,10-11H2,1H3,(H,19,20). The van der Waals surface area contributed by atoms with Crippen LogP contribution in [0.1, 0.15) is 38.2 Å². The van der Waals surface area contributed by atoms with E-state index in [4.69, 9.17) is 11.6 Å². The molecule has 0 spiro atoms. The second-order valence-electron chi connectivity index (χ2n) is 5.95. The quantitative estimate of drug-likeness (QED) is 0.799. The molecule has 1 saturated carbocycles. The van der Waals surface area contributed by atoms with Gasteiger partial charge in [0.2, 0.25) is 5.91 Å². The summed E-state index contributed by atoms with van der Waals surface area (Å²) in [7, 11) is 0. The van der Waals surface area contributed by atoms with Crippen LogP contribution in [0.5, 0.6) is 0 Å². The second kappa shape index (κ2) is 6.95. The number of alkyl halides is 1. The van der Waals surface area contributed by atoms with E-state index in [1.807, 2.05) is 24.3 Å². The first-order valence-electron chi connectivity index (χ1n) is 7.14. The third-order valence-electron chi connectivity index (χ3n) is 4.15. The molecule has 2 nitrogen and oxygen atoms in total. The van der Waals surface area contributed by atoms with Crippen LogP contribution in [0.3, 0.4) is 0 Å². The molecule has 1 fully saturated rings. The molecule has 110 valence electrons. The van der Waals surface area contributed by atoms with Crippen LogP contribution < -0.4 is 5.32 Å². The van der Waals surface area contributed by atoms with Crippen LogP contribution in [0, 0.1) is 5.92 Å². The van der Waals surface area contributed by atoms with Crippen molar-refractivity contribution in [3.63, 3.8) is 0 Å². The van der Waals surface area contributed by atoms with Gasteiger partial charge in [0.15, 0.2) is 0 Å². The summed E-state index contributed by atoms with van der Waals surface area (Å²) >= 11 is 9.56. The summed E-state index contributed by atoms with van der Waals surface area (Å²) < 4.78 is 1.00. The number of hydrogen-bond donors (Lipinski definition) is 1. The zero-order valence-electron chi connectivity index (χ0n) is 11.8. The van der Waals surface area contributed by atoms with Crippen molar-refractivity contribution in [2.45, 2.75) is 44.6 Å². The highest BCUT2D eigenvalue weighted by Gasteiger charge is 2.34. The first-order valence-corrected chi connectivity index (χ1v) is 8.47. The molecule has 20 heavy (non-hydrogen) atoms. The van der Waals surface area contributed by atoms with Gasteiger partial charge in [0.25, 0.3) is 0 Å². The highest BCUT2D eigenvalue weighted by Crippen LogP contribution is 2.32. The average molecular weight is 359 g/mol. The summed E-state index contributed by atoms with van der Waals surface area (Å²) in [4.78, 5) is 12.3. The molecular formula is C16H21BrClNO. The highest BCUT2D eigenvalue weighted by atomic mass is 79.9. The second-order valence-corrected chi connectivity index (χ2v) is 7.13. The maximum atomic E-state index is 12.3. The van der Waals surface area contributed by atoms with Crippen LogP contribution in [-0.4, -0.2) is 17.3 Å². The van der Waals surface area contributed by atoms with Crippen molar-refractivity contribution in [1.29, 1.82) is 0 Å². The molecule has 0 atom stereocenters. The number of rotatable bonds is 4. The zero-order valence-corrected chi connectivity index (χ0v) is 14.1. The van der Waals surface area contributed by atoms with Gasteiger partial charge in [-0.1, -0.05) is 35.0 Å². The van der Waals surface area contributed by atoms with E-state index in [0.717, 1.165) is 41.6 Å². The number of benzene rings is 1. The predicted molar refractivity (Wildman–Crippen MR) is 87.1 cm³/mol. The molecule has 0 aliphatic heterocycles. The molecule has 1 N–H and O–H groups in total. The Morgan fingerprint density at radius 3 is 2.75 bits per heavy atom. The molecule has 2 rings (SSSR count). The molecule has 0 radical (unpaired) electrons. The Bertz CT molecular complexity index is 469. The molecule has 1 aromatic carbocycles. The Labute approximate surface area is 134 Å². The van der Waals surface area contributed by atoms with Crippen LogP contribution >= 0.6 is 27.5 Å². The van der Waals surface area contributed by atoms with Crippen LogP contribution in [0.25, 0.3) is 0 Å². The van der Waals surface area contributed by atoms with Gasteiger partial charge in [0.1, 0.15) is 0 Å². The summed E-state index contributed by atoms with van der Waals surface area (Å²) in [5.41, 5.74) is 0.822. The van der Waals surface area contributed by atoms with Crippen LogP contribution in [0.4, 0.5) is 0 Å². The molecule has 1 aromatic rings. The largest absolute Gasteiger partial charge is 0.349 e. The Balaban J connectivity index is 1.96. The van der Waals surface area contributed by atoms with Crippen molar-refractivity contribution in [3.05, 3.63) is 34.3 Å². The third kappa shape index (κ3) is 4.23. The fourth-order valence-electron chi connectivity index (χ4n) is 2.78. The molecule has 0 heterocycles. The van der Waals surface area contributed by atoms with Crippen LogP contribution in [-0.2, 0) is 11.2 Å². The molecule has 1 aliphatic rings. The predicted octanol–water partition coefficient (Wildman–Crippen LogP) is 4.30. The van der Waals surface area contributed by atoms with Gasteiger partial charge >= 0.3 is 0 Å². The molecule has 0 unspecified atom stereocenters. The summed E-state index contributed by atoms with van der Waals surface area (Å²) in [6.45, 7) is 2.27. The van der Waals surface area contributed by atoms with Crippen molar-refractivity contribution >= 4 is 33.4 Å². The normalized spacial score (nSPS) is 26.2. The van der Waals surface area contributed by atoms with Crippen molar-refractivity contribution in [2.75, 3.05) is 5.88 Å². The Kier molecular flexibility index (Phi) is 5.50. The van der Waals surface area contributed by atoms with Crippen molar-refractivity contribution in [1.82, 2.24) is 5.32 Å². The lowest BCUT2D eigenvalue weighted by atomic mass is 9.78. The molecule has 0 bridgehead atoms. The molecular weight excluding hydrogens is 338 g/mol. The van der Waals surface area contributed by atoms with Gasteiger partial charge in [-0.25, -0.2) is 0 Å². The number of amides is 1. The fraction of sp³-hybridized carbons (Fsp3) is 0.562. The lowest BCUT2D eigenvalue weighted by Crippen LogP contribution is -2.52. The first kappa shape index (κ1) is 15.8. The first-order chi connectivity index (χ1) is 9.53. The van der Waals surface area contributed by atoms with E-state index >= 15 is 0 Å². The van der Waals surface area contributed by atoms with Gasteiger partial charge in [0.05, 0.1) is 12.0 Å². The monoisotopic (exact) mass is 357 g/mol. The Morgan fingerprint density at radius 2 is 2.15 bits per heavy atom. The van der Waals surface area contributed by atoms with E-state index in [9.17, 15) is 4.79 Å². The fourth-order valence-corrected chi connectivity index (χ4v) is 3.56. The molecule has 0 aromatic heterocycles. The van der Waals surface area contributed by atoms with E-state index in [1.165, 1.54) is 0 Å². The van der Waals surface area contributed by atoms with Gasteiger partial charge in [-0.2, -0.15) is 0 Å². The van der Waals surface area contributed by atoms with E-state index in [0.29, 0.717) is 12.3 Å². The molecule has 4 heteroatoms. The lowest BCUT2D eigenvalue weighted by Gasteiger charge is -2.38. The van der Waals surface area contributed by atoms with E-state index in [2.05, 4.69) is 28.2 Å². The number of carbonyl (C=O) groups excluding carboxylic acids is 1. The number of halogens is 2. The van der Waals surface area contributed by atoms with Crippen LogP contribution in [0.15, 0.2) is 28.7 Å². The van der Waals surface area contributed by atoms with Gasteiger partial charge in [0, 0.05) is 10.4 Å². The maximum absolute atomic E-state index is 12.3. The summed E-state index contributed by atoms with van der Waals surface area (Å²) in [5.74, 6) is 1.32. The number of carbonyl (C=O) groups is 1. The van der Waals surface area contributed by atoms with Crippen molar-refractivity contribution < 1.29 is 4.79 Å². The zero-order chi connectivity index (χ0) is 14.6. The van der Waals surface area contributed by atoms with E-state index in [1.54, 1.807) is 0 Å². The van der Waals surface area contributed by atoms with E-state index < -0.39 is 0 Å². The smallest absolute Gasteiger partial charge is 0.224 e. The van der Waals surface area contributed by atoms with Gasteiger partial charge in [-0.15, -0.1) is 11.6 Å². The summed E-state index contributed by atoms with van der Waals surface area (Å²) in [6.07, 6.45) is 4.67. The van der Waals surface area contributed by atoms with Gasteiger partial charge < -0.3 is 5.32 Å². The number of hydrogen-bond acceptors (Lipinski definition) is 1. The average Bonchev–Trinajstić information content (AvgIpc) is 2.41. The molecule has 1 aliphatic carbocycles. The van der Waals surface area contributed by atoms with E-state index in [-0.39, 0.29) is 11.4 Å². The van der Waals surface area contributed by atoms with Crippen LogP contribution in [0.2, 0.25) is 0 Å². The van der Waals surface area contributed by atoms with Crippen molar-refractivity contribution in [3.8, 4) is 0 Å². The molecule has 1 amide bonds. The Morgan fingerprint density at radius 1 is 1.45 bits per heavy atom. The topological polar surface area (TPSA) is 29.1 Å². The maximum Gasteiger partial charge on any atom is 0.224 e. The minimum absolute atomic E-state index is 0.0679.